The minimum atomic E-state index is -0.0980. The highest BCUT2D eigenvalue weighted by Crippen LogP contribution is 2.35. The van der Waals surface area contributed by atoms with Crippen LogP contribution in [-0.4, -0.2) is 46.1 Å². The maximum absolute atomic E-state index is 13.4. The Morgan fingerprint density at radius 1 is 0.871 bits per heavy atom. The number of hydrogen-bond donors (Lipinski definition) is 0. The molecule has 2 aliphatic rings. The number of amides is 2. The molecule has 0 saturated carbocycles. The number of benzene rings is 2. The van der Waals surface area contributed by atoms with Gasteiger partial charge in [0.25, 0.3) is 5.91 Å². The number of hydrogen-bond acceptors (Lipinski definition) is 3. The van der Waals surface area contributed by atoms with Crippen LogP contribution in [0.5, 0.6) is 0 Å². The minimum absolute atomic E-state index is 0.0301. The Morgan fingerprint density at radius 3 is 2.19 bits per heavy atom. The maximum atomic E-state index is 13.4. The van der Waals surface area contributed by atoms with Gasteiger partial charge in [-0.25, -0.2) is 4.68 Å². The van der Waals surface area contributed by atoms with Gasteiger partial charge >= 0.3 is 0 Å². The van der Waals surface area contributed by atoms with Crippen molar-refractivity contribution >= 4 is 17.5 Å². The van der Waals surface area contributed by atoms with Crippen LogP contribution >= 0.6 is 0 Å². The fourth-order valence-electron chi connectivity index (χ4n) is 4.71. The van der Waals surface area contributed by atoms with Crippen molar-refractivity contribution in [2.75, 3.05) is 24.5 Å². The second-order valence-electron chi connectivity index (χ2n) is 8.28. The van der Waals surface area contributed by atoms with E-state index in [0.717, 1.165) is 43.0 Å². The SMILES string of the molecule is O=C(c1cnn(-c2ccccc2)c1C1CC(=O)N(c2ccccc2)C1)N1CCCCC1. The van der Waals surface area contributed by atoms with Gasteiger partial charge in [0.05, 0.1) is 23.1 Å². The largest absolute Gasteiger partial charge is 0.339 e. The minimum Gasteiger partial charge on any atom is -0.339 e. The fourth-order valence-corrected chi connectivity index (χ4v) is 4.71. The summed E-state index contributed by atoms with van der Waals surface area (Å²) in [6.07, 6.45) is 5.31. The number of piperidine rings is 1. The van der Waals surface area contributed by atoms with Gasteiger partial charge < -0.3 is 9.80 Å². The van der Waals surface area contributed by atoms with Crippen molar-refractivity contribution in [2.24, 2.45) is 0 Å². The maximum Gasteiger partial charge on any atom is 0.257 e. The predicted molar refractivity (Wildman–Crippen MR) is 119 cm³/mol. The molecule has 3 aromatic rings. The molecular weight excluding hydrogens is 388 g/mol. The zero-order chi connectivity index (χ0) is 21.2. The Kier molecular flexibility index (Phi) is 5.28. The molecule has 0 bridgehead atoms. The molecule has 1 aromatic heterocycles. The molecule has 5 rings (SSSR count). The Labute approximate surface area is 182 Å². The van der Waals surface area contributed by atoms with Gasteiger partial charge in [0.1, 0.15) is 0 Å². The number of para-hydroxylation sites is 2. The first-order valence-electron chi connectivity index (χ1n) is 11.0. The highest BCUT2D eigenvalue weighted by Gasteiger charge is 2.37. The average molecular weight is 415 g/mol. The lowest BCUT2D eigenvalue weighted by atomic mass is 9.99. The zero-order valence-corrected chi connectivity index (χ0v) is 17.5. The van der Waals surface area contributed by atoms with Crippen molar-refractivity contribution in [3.8, 4) is 5.69 Å². The molecule has 31 heavy (non-hydrogen) atoms. The van der Waals surface area contributed by atoms with Gasteiger partial charge in [0.2, 0.25) is 5.91 Å². The highest BCUT2D eigenvalue weighted by molar-refractivity contribution is 5.99. The van der Waals surface area contributed by atoms with Crippen molar-refractivity contribution in [3.05, 3.63) is 78.1 Å². The Bertz CT molecular complexity index is 1070. The number of anilines is 1. The average Bonchev–Trinajstić information content (AvgIpc) is 3.44. The van der Waals surface area contributed by atoms with Gasteiger partial charge in [-0.05, 0) is 43.5 Å². The van der Waals surface area contributed by atoms with Crippen LogP contribution in [0.2, 0.25) is 0 Å². The smallest absolute Gasteiger partial charge is 0.257 e. The number of nitrogens with zero attached hydrogens (tertiary/aromatic N) is 4. The molecule has 0 aliphatic carbocycles. The van der Waals surface area contributed by atoms with Gasteiger partial charge in [-0.3, -0.25) is 9.59 Å². The summed E-state index contributed by atoms with van der Waals surface area (Å²) in [5, 5.41) is 4.61. The van der Waals surface area contributed by atoms with E-state index in [0.29, 0.717) is 18.5 Å². The van der Waals surface area contributed by atoms with Crippen molar-refractivity contribution < 1.29 is 9.59 Å². The lowest BCUT2D eigenvalue weighted by molar-refractivity contribution is -0.117. The third-order valence-corrected chi connectivity index (χ3v) is 6.26. The molecule has 2 fully saturated rings. The van der Waals surface area contributed by atoms with E-state index in [1.165, 1.54) is 6.42 Å². The first kappa shape index (κ1) is 19.5. The number of aromatic nitrogens is 2. The van der Waals surface area contributed by atoms with E-state index in [1.54, 1.807) is 6.20 Å². The standard InChI is InChI=1S/C25H26N4O2/c30-23-16-19(18-28(23)20-10-4-1-5-11-20)24-22(25(31)27-14-8-3-9-15-27)17-26-29(24)21-12-6-2-7-13-21/h1-2,4-7,10-13,17,19H,3,8-9,14-16,18H2. The van der Waals surface area contributed by atoms with Crippen LogP contribution in [0.15, 0.2) is 66.9 Å². The van der Waals surface area contributed by atoms with Crippen molar-refractivity contribution in [2.45, 2.75) is 31.6 Å². The predicted octanol–water partition coefficient (Wildman–Crippen LogP) is 4.02. The molecule has 0 spiro atoms. The van der Waals surface area contributed by atoms with Crippen LogP contribution in [0.25, 0.3) is 5.69 Å². The molecule has 1 atom stereocenters. The molecule has 2 aliphatic heterocycles. The molecule has 2 aromatic carbocycles. The summed E-state index contributed by atoms with van der Waals surface area (Å²) >= 11 is 0. The van der Waals surface area contributed by atoms with Crippen LogP contribution in [0.4, 0.5) is 5.69 Å². The van der Waals surface area contributed by atoms with Crippen molar-refractivity contribution in [1.29, 1.82) is 0 Å². The van der Waals surface area contributed by atoms with Gasteiger partial charge in [-0.2, -0.15) is 5.10 Å². The van der Waals surface area contributed by atoms with E-state index >= 15 is 0 Å². The van der Waals surface area contributed by atoms with Gasteiger partial charge in [0, 0.05) is 37.7 Å². The molecule has 0 N–H and O–H groups in total. The summed E-state index contributed by atoms with van der Waals surface area (Å²) in [4.78, 5) is 30.1. The molecule has 2 saturated heterocycles. The summed E-state index contributed by atoms with van der Waals surface area (Å²) in [5.74, 6) is 0.00928. The lowest BCUT2D eigenvalue weighted by Crippen LogP contribution is -2.36. The van der Waals surface area contributed by atoms with Crippen LogP contribution in [0.3, 0.4) is 0 Å². The monoisotopic (exact) mass is 414 g/mol. The Morgan fingerprint density at radius 2 is 1.52 bits per heavy atom. The second kappa shape index (κ2) is 8.38. The van der Waals surface area contributed by atoms with E-state index in [9.17, 15) is 9.59 Å². The Hall–Kier alpha value is -3.41. The molecule has 6 nitrogen and oxygen atoms in total. The van der Waals surface area contributed by atoms with Crippen molar-refractivity contribution in [3.63, 3.8) is 0 Å². The van der Waals surface area contributed by atoms with Gasteiger partial charge in [-0.1, -0.05) is 36.4 Å². The first-order chi connectivity index (χ1) is 15.2. The van der Waals surface area contributed by atoms with E-state index < -0.39 is 0 Å². The van der Waals surface area contributed by atoms with Gasteiger partial charge in [-0.15, -0.1) is 0 Å². The summed E-state index contributed by atoms with van der Waals surface area (Å²) < 4.78 is 1.85. The number of carbonyl (C=O) groups excluding carboxylic acids is 2. The number of likely N-dealkylation sites (tertiary alicyclic amines) is 1. The fraction of sp³-hybridized carbons (Fsp3) is 0.320. The first-order valence-corrected chi connectivity index (χ1v) is 11.0. The lowest BCUT2D eigenvalue weighted by Gasteiger charge is -2.27. The van der Waals surface area contributed by atoms with E-state index in [1.807, 2.05) is 75.1 Å². The molecule has 3 heterocycles. The molecule has 6 heteroatoms. The third kappa shape index (κ3) is 3.74. The van der Waals surface area contributed by atoms with Crippen LogP contribution in [0, 0.1) is 0 Å². The van der Waals surface area contributed by atoms with Crippen LogP contribution in [-0.2, 0) is 4.79 Å². The summed E-state index contributed by atoms with van der Waals surface area (Å²) in [6.45, 7) is 2.12. The van der Waals surface area contributed by atoms with E-state index in [4.69, 9.17) is 0 Å². The van der Waals surface area contributed by atoms with Crippen LogP contribution in [0.1, 0.15) is 47.7 Å². The zero-order valence-electron chi connectivity index (χ0n) is 17.5. The normalized spacial score (nSPS) is 19.1. The molecular formula is C25H26N4O2. The highest BCUT2D eigenvalue weighted by atomic mass is 16.2. The topological polar surface area (TPSA) is 58.4 Å². The number of carbonyl (C=O) groups is 2. The summed E-state index contributed by atoms with van der Waals surface area (Å²) in [7, 11) is 0. The molecule has 1 unspecified atom stereocenters. The van der Waals surface area contributed by atoms with E-state index in [2.05, 4.69) is 5.10 Å². The Balaban J connectivity index is 1.53. The summed E-state index contributed by atoms with van der Waals surface area (Å²) in [5.41, 5.74) is 3.26. The van der Waals surface area contributed by atoms with Crippen molar-refractivity contribution in [1.82, 2.24) is 14.7 Å². The molecule has 2 amide bonds. The summed E-state index contributed by atoms with van der Waals surface area (Å²) in [6, 6.07) is 19.6. The number of rotatable bonds is 4. The second-order valence-corrected chi connectivity index (χ2v) is 8.28. The quantitative estimate of drug-likeness (QED) is 0.648. The third-order valence-electron chi connectivity index (χ3n) is 6.26. The molecule has 158 valence electrons. The molecule has 0 radical (unpaired) electrons. The van der Waals surface area contributed by atoms with Crippen LogP contribution < -0.4 is 4.90 Å². The van der Waals surface area contributed by atoms with Gasteiger partial charge in [0.15, 0.2) is 0 Å². The van der Waals surface area contributed by atoms with E-state index in [-0.39, 0.29) is 17.7 Å².